The summed E-state index contributed by atoms with van der Waals surface area (Å²) in [5, 5.41) is 1.46. The predicted octanol–water partition coefficient (Wildman–Crippen LogP) is 4.26. The van der Waals surface area contributed by atoms with Crippen LogP contribution in [0.2, 0.25) is 5.04 Å². The molecule has 0 amide bonds. The zero-order valence-electron chi connectivity index (χ0n) is 11.8. The molecule has 0 unspecified atom stereocenters. The first kappa shape index (κ1) is 13.4. The molecule has 0 aliphatic rings. The molecule has 0 aliphatic heterocycles. The predicted molar refractivity (Wildman–Crippen MR) is 77.9 cm³/mol. The van der Waals surface area contributed by atoms with E-state index in [1.165, 1.54) is 16.5 Å². The molecule has 3 heteroatoms. The molecule has 0 spiro atoms. The van der Waals surface area contributed by atoms with Gasteiger partial charge in [0.2, 0.25) is 9.76 Å². The standard InChI is InChI=1S/C15H21NOSi/c1-14(2,3)18-17-15(4,5)12-6-7-13-11(10-12)8-9-16-13/h6-10,16H,1-5H3. The largest absolute Gasteiger partial charge is 0.408 e. The minimum absolute atomic E-state index is 0.218. The Morgan fingerprint density at radius 1 is 1.06 bits per heavy atom. The van der Waals surface area contributed by atoms with Gasteiger partial charge in [-0.05, 0) is 48.0 Å². The normalized spacial score (nSPS) is 13.2. The number of hydrogen-bond acceptors (Lipinski definition) is 1. The maximum atomic E-state index is 6.12. The highest BCUT2D eigenvalue weighted by Crippen LogP contribution is 2.30. The third-order valence-corrected chi connectivity index (χ3v) is 4.09. The molecule has 1 heterocycles. The Balaban J connectivity index is 2.22. The van der Waals surface area contributed by atoms with Gasteiger partial charge in [-0.15, -0.1) is 0 Å². The molecule has 0 atom stereocenters. The molecule has 0 fully saturated rings. The summed E-state index contributed by atoms with van der Waals surface area (Å²) in [4.78, 5) is 3.22. The van der Waals surface area contributed by atoms with E-state index < -0.39 is 0 Å². The number of hydrogen-bond donors (Lipinski definition) is 1. The van der Waals surface area contributed by atoms with Crippen molar-refractivity contribution in [2.75, 3.05) is 0 Å². The summed E-state index contributed by atoms with van der Waals surface area (Å²) in [5.41, 5.74) is 2.16. The first-order valence-electron chi connectivity index (χ1n) is 6.31. The average Bonchev–Trinajstić information content (AvgIpc) is 2.72. The van der Waals surface area contributed by atoms with E-state index in [1.54, 1.807) is 0 Å². The number of nitrogens with one attached hydrogen (secondary N) is 1. The lowest BCUT2D eigenvalue weighted by molar-refractivity contribution is 0.109. The van der Waals surface area contributed by atoms with Gasteiger partial charge >= 0.3 is 0 Å². The van der Waals surface area contributed by atoms with Gasteiger partial charge in [-0.2, -0.15) is 0 Å². The van der Waals surface area contributed by atoms with E-state index in [1.807, 2.05) is 6.20 Å². The van der Waals surface area contributed by atoms with E-state index in [0.29, 0.717) is 9.76 Å². The van der Waals surface area contributed by atoms with Crippen molar-refractivity contribution in [1.82, 2.24) is 4.98 Å². The molecule has 2 nitrogen and oxygen atoms in total. The molecule has 18 heavy (non-hydrogen) atoms. The van der Waals surface area contributed by atoms with Gasteiger partial charge in [-0.1, -0.05) is 26.8 Å². The van der Waals surface area contributed by atoms with Gasteiger partial charge in [-0.3, -0.25) is 0 Å². The zero-order chi connectivity index (χ0) is 13.4. The van der Waals surface area contributed by atoms with Gasteiger partial charge in [0.1, 0.15) is 0 Å². The molecule has 2 radical (unpaired) electrons. The van der Waals surface area contributed by atoms with E-state index in [0.717, 1.165) is 0 Å². The smallest absolute Gasteiger partial charge is 0.236 e. The number of benzene rings is 1. The van der Waals surface area contributed by atoms with Crippen LogP contribution in [-0.2, 0) is 10.0 Å². The van der Waals surface area contributed by atoms with Crippen LogP contribution < -0.4 is 0 Å². The van der Waals surface area contributed by atoms with Crippen molar-refractivity contribution < 1.29 is 4.43 Å². The van der Waals surface area contributed by atoms with Crippen molar-refractivity contribution in [1.29, 1.82) is 0 Å². The van der Waals surface area contributed by atoms with E-state index in [2.05, 4.69) is 63.9 Å². The van der Waals surface area contributed by atoms with Gasteiger partial charge < -0.3 is 9.41 Å². The van der Waals surface area contributed by atoms with Crippen LogP contribution in [0.15, 0.2) is 30.5 Å². The summed E-state index contributed by atoms with van der Waals surface area (Å²) < 4.78 is 6.12. The second kappa shape index (κ2) is 4.56. The summed E-state index contributed by atoms with van der Waals surface area (Å²) in [6.07, 6.45) is 1.97. The highest BCUT2D eigenvalue weighted by molar-refractivity contribution is 6.31. The molecule has 0 saturated carbocycles. The van der Waals surface area contributed by atoms with E-state index >= 15 is 0 Å². The summed E-state index contributed by atoms with van der Waals surface area (Å²) in [5.74, 6) is 0. The Labute approximate surface area is 112 Å². The van der Waals surface area contributed by atoms with Crippen molar-refractivity contribution in [3.8, 4) is 0 Å². The lowest BCUT2D eigenvalue weighted by Gasteiger charge is -2.29. The topological polar surface area (TPSA) is 25.0 Å². The average molecular weight is 259 g/mol. The summed E-state index contributed by atoms with van der Waals surface area (Å²) in [7, 11) is 0.495. The fraction of sp³-hybridized carbons (Fsp3) is 0.467. The maximum Gasteiger partial charge on any atom is 0.236 e. The third-order valence-electron chi connectivity index (χ3n) is 2.86. The lowest BCUT2D eigenvalue weighted by Crippen LogP contribution is -2.27. The Morgan fingerprint density at radius 2 is 1.78 bits per heavy atom. The number of fused-ring (bicyclic) bond motifs is 1. The van der Waals surface area contributed by atoms with Gasteiger partial charge in [0.25, 0.3) is 0 Å². The fourth-order valence-corrected chi connectivity index (χ4v) is 2.45. The van der Waals surface area contributed by atoms with Crippen LogP contribution in [-0.4, -0.2) is 14.7 Å². The second-order valence-electron chi connectivity index (χ2n) is 6.24. The van der Waals surface area contributed by atoms with E-state index in [-0.39, 0.29) is 10.6 Å². The van der Waals surface area contributed by atoms with Crippen LogP contribution >= 0.6 is 0 Å². The molecule has 1 aromatic heterocycles. The Morgan fingerprint density at radius 3 is 2.44 bits per heavy atom. The van der Waals surface area contributed by atoms with Crippen molar-refractivity contribution in [2.24, 2.45) is 0 Å². The summed E-state index contributed by atoms with van der Waals surface area (Å²) >= 11 is 0. The number of aromatic amines is 1. The summed E-state index contributed by atoms with van der Waals surface area (Å²) in [6.45, 7) is 10.9. The van der Waals surface area contributed by atoms with Crippen LogP contribution in [0.5, 0.6) is 0 Å². The molecular formula is C15H21NOSi. The van der Waals surface area contributed by atoms with Gasteiger partial charge in [0, 0.05) is 11.7 Å². The molecule has 0 aliphatic carbocycles. The van der Waals surface area contributed by atoms with Crippen molar-refractivity contribution in [3.63, 3.8) is 0 Å². The Bertz CT molecular complexity index is 537. The van der Waals surface area contributed by atoms with Crippen LogP contribution in [0, 0.1) is 0 Å². The first-order valence-corrected chi connectivity index (χ1v) is 7.22. The first-order chi connectivity index (χ1) is 8.28. The molecule has 1 aromatic carbocycles. The molecule has 2 aromatic rings. The van der Waals surface area contributed by atoms with Crippen LogP contribution in [0.25, 0.3) is 10.9 Å². The summed E-state index contributed by atoms with van der Waals surface area (Å²) in [6, 6.07) is 8.57. The monoisotopic (exact) mass is 259 g/mol. The molecule has 2 rings (SSSR count). The number of rotatable bonds is 3. The van der Waals surface area contributed by atoms with Crippen LogP contribution in [0.4, 0.5) is 0 Å². The van der Waals surface area contributed by atoms with Crippen LogP contribution in [0.3, 0.4) is 0 Å². The SMILES string of the molecule is CC(C)(C)[Si]OC(C)(C)c1ccc2[nH]ccc2c1. The minimum atomic E-state index is -0.239. The van der Waals surface area contributed by atoms with E-state index in [9.17, 15) is 0 Å². The number of aromatic nitrogens is 1. The van der Waals surface area contributed by atoms with Crippen molar-refractivity contribution in [2.45, 2.75) is 45.3 Å². The minimum Gasteiger partial charge on any atom is -0.408 e. The molecule has 0 saturated heterocycles. The Hall–Kier alpha value is -1.06. The highest BCUT2D eigenvalue weighted by Gasteiger charge is 2.25. The molecule has 96 valence electrons. The quantitative estimate of drug-likeness (QED) is 0.819. The zero-order valence-corrected chi connectivity index (χ0v) is 12.8. The molecule has 1 N–H and O–H groups in total. The van der Waals surface area contributed by atoms with Crippen molar-refractivity contribution in [3.05, 3.63) is 36.0 Å². The molecule has 0 bridgehead atoms. The van der Waals surface area contributed by atoms with Gasteiger partial charge in [-0.25, -0.2) is 0 Å². The molecular weight excluding hydrogens is 238 g/mol. The van der Waals surface area contributed by atoms with Gasteiger partial charge in [0.15, 0.2) is 0 Å². The maximum absolute atomic E-state index is 6.12. The number of H-pyrrole nitrogens is 1. The lowest BCUT2D eigenvalue weighted by atomic mass is 9.97. The third kappa shape index (κ3) is 3.03. The fourth-order valence-electron chi connectivity index (χ4n) is 1.77. The van der Waals surface area contributed by atoms with Gasteiger partial charge in [0.05, 0.1) is 5.60 Å². The van der Waals surface area contributed by atoms with Crippen LogP contribution in [0.1, 0.15) is 40.2 Å². The van der Waals surface area contributed by atoms with E-state index in [4.69, 9.17) is 4.43 Å². The highest BCUT2D eigenvalue weighted by atomic mass is 28.2. The second-order valence-corrected chi connectivity index (χ2v) is 8.15. The Kier molecular flexibility index (Phi) is 3.38. The van der Waals surface area contributed by atoms with Crippen molar-refractivity contribution >= 4 is 20.7 Å².